The largest absolute Gasteiger partial charge is 0.331 e. The van der Waals surface area contributed by atoms with E-state index in [-0.39, 0.29) is 17.5 Å². The van der Waals surface area contributed by atoms with Crippen LogP contribution in [0.3, 0.4) is 0 Å². The number of rotatable bonds is 3. The maximum atomic E-state index is 13.4. The third kappa shape index (κ3) is 2.82. The number of aryl methyl sites for hydroxylation is 1. The number of nitrogens with zero attached hydrogens (tertiary/aromatic N) is 5. The van der Waals surface area contributed by atoms with Gasteiger partial charge < -0.3 is 4.90 Å². The molecule has 1 atom stereocenters. The van der Waals surface area contributed by atoms with E-state index in [0.29, 0.717) is 24.5 Å². The summed E-state index contributed by atoms with van der Waals surface area (Å²) in [6.07, 6.45) is 5.69. The molecule has 2 aliphatic rings. The SMILES string of the molecule is Cc1nc2c(c(=O)n1C)CN(C(=O)[C@@H](c1cccnc1)N1CCCC1)C2. The van der Waals surface area contributed by atoms with Gasteiger partial charge in [0.15, 0.2) is 0 Å². The van der Waals surface area contributed by atoms with Crippen LogP contribution < -0.4 is 5.56 Å². The minimum absolute atomic E-state index is 0.0256. The Balaban J connectivity index is 1.65. The van der Waals surface area contributed by atoms with E-state index in [0.717, 1.165) is 37.2 Å². The summed E-state index contributed by atoms with van der Waals surface area (Å²) in [5.41, 5.74) is 2.22. The predicted octanol–water partition coefficient (Wildman–Crippen LogP) is 1.16. The standard InChI is InChI=1S/C19H23N5O2/c1-13-21-16-12-24(11-15(16)18(25)22(13)2)19(26)17(23-8-3-4-9-23)14-6-5-7-20-10-14/h5-7,10,17H,3-4,8-9,11-12H2,1-2H3/t17-/m1/s1. The molecule has 0 saturated carbocycles. The van der Waals surface area contributed by atoms with Crippen LogP contribution in [0.2, 0.25) is 0 Å². The highest BCUT2D eigenvalue weighted by Crippen LogP contribution is 2.29. The molecule has 0 radical (unpaired) electrons. The minimum atomic E-state index is -0.342. The average molecular weight is 353 g/mol. The van der Waals surface area contributed by atoms with Gasteiger partial charge in [0.25, 0.3) is 5.56 Å². The van der Waals surface area contributed by atoms with Crippen LogP contribution in [0.1, 0.15) is 41.5 Å². The van der Waals surface area contributed by atoms with Crippen LogP contribution in [0.15, 0.2) is 29.3 Å². The van der Waals surface area contributed by atoms with Crippen LogP contribution in [0.25, 0.3) is 0 Å². The van der Waals surface area contributed by atoms with Gasteiger partial charge in [-0.1, -0.05) is 6.07 Å². The highest BCUT2D eigenvalue weighted by molar-refractivity contribution is 5.83. The molecule has 1 saturated heterocycles. The first-order chi connectivity index (χ1) is 12.6. The Morgan fingerprint density at radius 2 is 2.00 bits per heavy atom. The Bertz CT molecular complexity index is 887. The molecule has 0 bridgehead atoms. The Morgan fingerprint density at radius 3 is 2.69 bits per heavy atom. The van der Waals surface area contributed by atoms with E-state index in [1.165, 1.54) is 0 Å². The summed E-state index contributed by atoms with van der Waals surface area (Å²) in [5, 5.41) is 0. The lowest BCUT2D eigenvalue weighted by Crippen LogP contribution is -2.40. The molecule has 1 amide bonds. The molecule has 0 aromatic carbocycles. The van der Waals surface area contributed by atoms with Gasteiger partial charge in [-0.25, -0.2) is 4.98 Å². The predicted molar refractivity (Wildman–Crippen MR) is 96.3 cm³/mol. The smallest absolute Gasteiger partial charge is 0.258 e. The van der Waals surface area contributed by atoms with Crippen LogP contribution >= 0.6 is 0 Å². The Hall–Kier alpha value is -2.54. The molecule has 0 unspecified atom stereocenters. The summed E-state index contributed by atoms with van der Waals surface area (Å²) < 4.78 is 1.55. The number of likely N-dealkylation sites (tertiary alicyclic amines) is 1. The molecule has 2 aromatic heterocycles. The Labute approximate surface area is 152 Å². The van der Waals surface area contributed by atoms with Crippen molar-refractivity contribution in [2.75, 3.05) is 13.1 Å². The summed E-state index contributed by atoms with van der Waals surface area (Å²) in [6, 6.07) is 3.48. The summed E-state index contributed by atoms with van der Waals surface area (Å²) >= 11 is 0. The van der Waals surface area contributed by atoms with Crippen molar-refractivity contribution in [1.29, 1.82) is 0 Å². The zero-order chi connectivity index (χ0) is 18.3. The first-order valence-corrected chi connectivity index (χ1v) is 9.04. The monoisotopic (exact) mass is 353 g/mol. The van der Waals surface area contributed by atoms with E-state index in [9.17, 15) is 9.59 Å². The molecule has 4 rings (SSSR count). The van der Waals surface area contributed by atoms with E-state index >= 15 is 0 Å². The van der Waals surface area contributed by atoms with Gasteiger partial charge in [-0.15, -0.1) is 0 Å². The number of pyridine rings is 1. The topological polar surface area (TPSA) is 71.3 Å². The number of hydrogen-bond donors (Lipinski definition) is 0. The second kappa shape index (κ2) is 6.64. The highest BCUT2D eigenvalue weighted by atomic mass is 16.2. The minimum Gasteiger partial charge on any atom is -0.331 e. The third-order valence-corrected chi connectivity index (χ3v) is 5.43. The van der Waals surface area contributed by atoms with Gasteiger partial charge in [0.2, 0.25) is 5.91 Å². The molecular formula is C19H23N5O2. The van der Waals surface area contributed by atoms with E-state index in [2.05, 4.69) is 14.9 Å². The van der Waals surface area contributed by atoms with Gasteiger partial charge in [-0.2, -0.15) is 0 Å². The van der Waals surface area contributed by atoms with Crippen LogP contribution in [0, 0.1) is 6.92 Å². The number of fused-ring (bicyclic) bond motifs is 1. The van der Waals surface area contributed by atoms with E-state index < -0.39 is 0 Å². The van der Waals surface area contributed by atoms with Gasteiger partial charge in [-0.3, -0.25) is 24.0 Å². The zero-order valence-corrected chi connectivity index (χ0v) is 15.2. The fourth-order valence-electron chi connectivity index (χ4n) is 3.90. The average Bonchev–Trinajstić information content (AvgIpc) is 3.31. The molecule has 136 valence electrons. The van der Waals surface area contributed by atoms with E-state index in [1.807, 2.05) is 19.1 Å². The van der Waals surface area contributed by atoms with Crippen molar-refractivity contribution in [2.45, 2.75) is 38.9 Å². The van der Waals surface area contributed by atoms with Crippen molar-refractivity contribution < 1.29 is 4.79 Å². The first-order valence-electron chi connectivity index (χ1n) is 9.04. The van der Waals surface area contributed by atoms with Crippen LogP contribution in [0.4, 0.5) is 0 Å². The van der Waals surface area contributed by atoms with Crippen molar-refractivity contribution in [1.82, 2.24) is 24.3 Å². The Morgan fingerprint density at radius 1 is 1.23 bits per heavy atom. The number of hydrogen-bond acceptors (Lipinski definition) is 5. The quantitative estimate of drug-likeness (QED) is 0.828. The van der Waals surface area contributed by atoms with Gasteiger partial charge in [0.05, 0.1) is 24.3 Å². The number of aromatic nitrogens is 3. The van der Waals surface area contributed by atoms with Gasteiger partial charge in [0, 0.05) is 19.4 Å². The number of carbonyl (C=O) groups is 1. The lowest BCUT2D eigenvalue weighted by atomic mass is 10.1. The summed E-state index contributed by atoms with van der Waals surface area (Å²) in [4.78, 5) is 38.6. The number of amides is 1. The molecule has 7 nitrogen and oxygen atoms in total. The van der Waals surface area contributed by atoms with E-state index in [4.69, 9.17) is 0 Å². The molecule has 4 heterocycles. The number of carbonyl (C=O) groups excluding carboxylic acids is 1. The molecule has 2 aromatic rings. The molecule has 2 aliphatic heterocycles. The highest BCUT2D eigenvalue weighted by Gasteiger charge is 2.36. The third-order valence-electron chi connectivity index (χ3n) is 5.43. The Kier molecular flexibility index (Phi) is 4.32. The van der Waals surface area contributed by atoms with Crippen molar-refractivity contribution in [2.24, 2.45) is 7.05 Å². The molecule has 26 heavy (non-hydrogen) atoms. The maximum absolute atomic E-state index is 13.4. The van der Waals surface area contributed by atoms with Crippen molar-refractivity contribution >= 4 is 5.91 Å². The lowest BCUT2D eigenvalue weighted by molar-refractivity contribution is -0.137. The molecule has 0 spiro atoms. The van der Waals surface area contributed by atoms with E-state index in [1.54, 1.807) is 28.9 Å². The van der Waals surface area contributed by atoms with Gasteiger partial charge in [-0.05, 0) is 44.5 Å². The second-order valence-corrected chi connectivity index (χ2v) is 7.07. The summed E-state index contributed by atoms with van der Waals surface area (Å²) in [6.45, 7) is 4.36. The molecular weight excluding hydrogens is 330 g/mol. The van der Waals surface area contributed by atoms with Gasteiger partial charge >= 0.3 is 0 Å². The van der Waals surface area contributed by atoms with Gasteiger partial charge in [0.1, 0.15) is 11.9 Å². The molecule has 0 N–H and O–H groups in total. The lowest BCUT2D eigenvalue weighted by Gasteiger charge is -2.30. The maximum Gasteiger partial charge on any atom is 0.258 e. The fourth-order valence-corrected chi connectivity index (χ4v) is 3.90. The summed E-state index contributed by atoms with van der Waals surface area (Å²) in [7, 11) is 1.72. The summed E-state index contributed by atoms with van der Waals surface area (Å²) in [5.74, 6) is 0.698. The normalized spacial score (nSPS) is 18.2. The molecule has 1 fully saturated rings. The van der Waals surface area contributed by atoms with Crippen LogP contribution in [-0.4, -0.2) is 43.3 Å². The van der Waals surface area contributed by atoms with Crippen LogP contribution in [-0.2, 0) is 24.9 Å². The van der Waals surface area contributed by atoms with Crippen molar-refractivity contribution in [3.8, 4) is 0 Å². The zero-order valence-electron chi connectivity index (χ0n) is 15.2. The van der Waals surface area contributed by atoms with Crippen molar-refractivity contribution in [3.63, 3.8) is 0 Å². The fraction of sp³-hybridized carbons (Fsp3) is 0.474. The van der Waals surface area contributed by atoms with Crippen molar-refractivity contribution in [3.05, 3.63) is 57.5 Å². The second-order valence-electron chi connectivity index (χ2n) is 7.07. The molecule has 0 aliphatic carbocycles. The molecule has 7 heteroatoms. The van der Waals surface area contributed by atoms with Crippen LogP contribution in [0.5, 0.6) is 0 Å². The first kappa shape index (κ1) is 16.9.